The first kappa shape index (κ1) is 12.0. The van der Waals surface area contributed by atoms with Gasteiger partial charge in [-0.05, 0) is 50.6 Å². The molecule has 1 amide bonds. The predicted molar refractivity (Wildman–Crippen MR) is 65.5 cm³/mol. The molecular formula is C13H17FN2O. The highest BCUT2D eigenvalue weighted by atomic mass is 19.1. The van der Waals surface area contributed by atoms with E-state index in [0.29, 0.717) is 5.69 Å². The Morgan fingerprint density at radius 3 is 2.59 bits per heavy atom. The summed E-state index contributed by atoms with van der Waals surface area (Å²) >= 11 is 0. The summed E-state index contributed by atoms with van der Waals surface area (Å²) in [5.41, 5.74) is 0.231. The molecule has 0 saturated carbocycles. The van der Waals surface area contributed by atoms with Crippen LogP contribution in [-0.4, -0.2) is 25.0 Å². The summed E-state index contributed by atoms with van der Waals surface area (Å²) in [5, 5.41) is 3.23. The summed E-state index contributed by atoms with van der Waals surface area (Å²) in [7, 11) is 1.72. The lowest BCUT2D eigenvalue weighted by Crippen LogP contribution is -2.51. The van der Waals surface area contributed by atoms with Crippen LogP contribution < -0.4 is 10.2 Å². The van der Waals surface area contributed by atoms with Gasteiger partial charge in [0.15, 0.2) is 0 Å². The summed E-state index contributed by atoms with van der Waals surface area (Å²) in [6.45, 7) is 2.79. The molecule has 1 heterocycles. The average molecular weight is 236 g/mol. The first-order chi connectivity index (χ1) is 8.03. The third kappa shape index (κ3) is 2.31. The Morgan fingerprint density at radius 2 is 2.06 bits per heavy atom. The average Bonchev–Trinajstić information content (AvgIpc) is 2.76. The fraction of sp³-hybridized carbons (Fsp3) is 0.462. The van der Waals surface area contributed by atoms with Crippen LogP contribution in [0.3, 0.4) is 0 Å². The van der Waals surface area contributed by atoms with Crippen LogP contribution in [0, 0.1) is 5.82 Å². The number of amides is 1. The number of nitrogens with zero attached hydrogens (tertiary/aromatic N) is 1. The molecule has 1 unspecified atom stereocenters. The number of halogens is 1. The molecule has 0 aliphatic carbocycles. The van der Waals surface area contributed by atoms with Gasteiger partial charge in [0.25, 0.3) is 0 Å². The van der Waals surface area contributed by atoms with Gasteiger partial charge in [0.1, 0.15) is 5.82 Å². The standard InChI is InChI=1S/C13H17FN2O/c1-13(8-3-9-15-13)12(17)16(2)11-6-4-10(14)5-7-11/h4-7,15H,3,8-9H2,1-2H3. The zero-order chi connectivity index (χ0) is 12.5. The second-order valence-electron chi connectivity index (χ2n) is 4.70. The molecule has 2 rings (SSSR count). The van der Waals surface area contributed by atoms with Crippen molar-refractivity contribution in [2.45, 2.75) is 25.3 Å². The van der Waals surface area contributed by atoms with Crippen molar-refractivity contribution in [3.63, 3.8) is 0 Å². The van der Waals surface area contributed by atoms with Crippen molar-refractivity contribution in [1.29, 1.82) is 0 Å². The van der Waals surface area contributed by atoms with Crippen molar-refractivity contribution in [3.05, 3.63) is 30.1 Å². The number of carbonyl (C=O) groups excluding carboxylic acids is 1. The number of rotatable bonds is 2. The van der Waals surface area contributed by atoms with E-state index >= 15 is 0 Å². The zero-order valence-corrected chi connectivity index (χ0v) is 10.2. The Labute approximate surface area is 101 Å². The minimum absolute atomic E-state index is 0.0293. The molecule has 1 aliphatic heterocycles. The smallest absolute Gasteiger partial charge is 0.246 e. The van der Waals surface area contributed by atoms with E-state index in [4.69, 9.17) is 0 Å². The monoisotopic (exact) mass is 236 g/mol. The molecule has 1 atom stereocenters. The maximum atomic E-state index is 12.8. The number of benzene rings is 1. The Hall–Kier alpha value is -1.42. The molecule has 0 radical (unpaired) electrons. The van der Waals surface area contributed by atoms with Crippen LogP contribution >= 0.6 is 0 Å². The van der Waals surface area contributed by atoms with Gasteiger partial charge < -0.3 is 10.2 Å². The molecule has 0 spiro atoms. The fourth-order valence-electron chi connectivity index (χ4n) is 2.23. The van der Waals surface area contributed by atoms with Gasteiger partial charge in [-0.15, -0.1) is 0 Å². The largest absolute Gasteiger partial charge is 0.314 e. The van der Waals surface area contributed by atoms with E-state index in [2.05, 4.69) is 5.32 Å². The maximum absolute atomic E-state index is 12.8. The van der Waals surface area contributed by atoms with Crippen molar-refractivity contribution in [2.24, 2.45) is 0 Å². The highest BCUT2D eigenvalue weighted by Crippen LogP contribution is 2.24. The molecule has 3 nitrogen and oxygen atoms in total. The molecule has 1 fully saturated rings. The lowest BCUT2D eigenvalue weighted by molar-refractivity contribution is -0.123. The summed E-state index contributed by atoms with van der Waals surface area (Å²) < 4.78 is 12.8. The highest BCUT2D eigenvalue weighted by Gasteiger charge is 2.38. The first-order valence-electron chi connectivity index (χ1n) is 5.82. The van der Waals surface area contributed by atoms with Crippen molar-refractivity contribution >= 4 is 11.6 Å². The first-order valence-corrected chi connectivity index (χ1v) is 5.82. The van der Waals surface area contributed by atoms with Crippen molar-refractivity contribution in [2.75, 3.05) is 18.5 Å². The molecule has 17 heavy (non-hydrogen) atoms. The van der Waals surface area contributed by atoms with E-state index in [0.717, 1.165) is 19.4 Å². The molecule has 1 N–H and O–H groups in total. The zero-order valence-electron chi connectivity index (χ0n) is 10.2. The minimum Gasteiger partial charge on any atom is -0.314 e. The van der Waals surface area contributed by atoms with E-state index < -0.39 is 5.54 Å². The summed E-state index contributed by atoms with van der Waals surface area (Å²) in [6.07, 6.45) is 1.86. The van der Waals surface area contributed by atoms with Crippen LogP contribution in [0.2, 0.25) is 0 Å². The van der Waals surface area contributed by atoms with Crippen molar-refractivity contribution in [3.8, 4) is 0 Å². The number of nitrogens with one attached hydrogen (secondary N) is 1. The lowest BCUT2D eigenvalue weighted by Gasteiger charge is -2.29. The minimum atomic E-state index is -0.483. The van der Waals surface area contributed by atoms with Crippen LogP contribution in [0.5, 0.6) is 0 Å². The van der Waals surface area contributed by atoms with Gasteiger partial charge in [-0.2, -0.15) is 0 Å². The van der Waals surface area contributed by atoms with Gasteiger partial charge in [-0.3, -0.25) is 4.79 Å². The van der Waals surface area contributed by atoms with Gasteiger partial charge in [-0.25, -0.2) is 4.39 Å². The van der Waals surface area contributed by atoms with Gasteiger partial charge in [0.2, 0.25) is 5.91 Å². The summed E-state index contributed by atoms with van der Waals surface area (Å²) in [4.78, 5) is 13.9. The second kappa shape index (κ2) is 4.45. The molecule has 0 aromatic heterocycles. The third-order valence-electron chi connectivity index (χ3n) is 3.36. The third-order valence-corrected chi connectivity index (χ3v) is 3.36. The Kier molecular flexibility index (Phi) is 3.15. The van der Waals surface area contributed by atoms with Gasteiger partial charge in [0.05, 0.1) is 5.54 Å². The summed E-state index contributed by atoms with van der Waals surface area (Å²) in [5.74, 6) is -0.263. The Bertz CT molecular complexity index is 410. The predicted octanol–water partition coefficient (Wildman–Crippen LogP) is 1.93. The van der Waals surface area contributed by atoms with Crippen LogP contribution in [-0.2, 0) is 4.79 Å². The number of hydrogen-bond acceptors (Lipinski definition) is 2. The van der Waals surface area contributed by atoms with E-state index in [1.807, 2.05) is 6.92 Å². The van der Waals surface area contributed by atoms with E-state index in [9.17, 15) is 9.18 Å². The van der Waals surface area contributed by atoms with Gasteiger partial charge in [-0.1, -0.05) is 0 Å². The van der Waals surface area contributed by atoms with E-state index in [1.165, 1.54) is 12.1 Å². The van der Waals surface area contributed by atoms with Gasteiger partial charge in [0, 0.05) is 12.7 Å². The highest BCUT2D eigenvalue weighted by molar-refractivity contribution is 5.99. The SMILES string of the molecule is CN(C(=O)C1(C)CCCN1)c1ccc(F)cc1. The molecule has 1 saturated heterocycles. The molecule has 1 aromatic carbocycles. The molecule has 1 aliphatic rings. The quantitative estimate of drug-likeness (QED) is 0.851. The Morgan fingerprint density at radius 1 is 1.41 bits per heavy atom. The number of carbonyl (C=O) groups is 1. The molecule has 0 bridgehead atoms. The molecular weight excluding hydrogens is 219 g/mol. The van der Waals surface area contributed by atoms with Crippen LogP contribution in [0.15, 0.2) is 24.3 Å². The van der Waals surface area contributed by atoms with Gasteiger partial charge >= 0.3 is 0 Å². The molecule has 4 heteroatoms. The lowest BCUT2D eigenvalue weighted by atomic mass is 9.98. The van der Waals surface area contributed by atoms with Crippen LogP contribution in [0.4, 0.5) is 10.1 Å². The summed E-state index contributed by atoms with van der Waals surface area (Å²) in [6, 6.07) is 5.96. The van der Waals surface area contributed by atoms with Crippen LogP contribution in [0.25, 0.3) is 0 Å². The number of likely N-dealkylation sites (N-methyl/N-ethyl adjacent to an activating group) is 1. The molecule has 92 valence electrons. The van der Waals surface area contributed by atoms with E-state index in [1.54, 1.807) is 24.1 Å². The topological polar surface area (TPSA) is 32.3 Å². The maximum Gasteiger partial charge on any atom is 0.246 e. The molecule has 1 aromatic rings. The number of anilines is 1. The normalized spacial score (nSPS) is 23.7. The fourth-order valence-corrected chi connectivity index (χ4v) is 2.23. The second-order valence-corrected chi connectivity index (χ2v) is 4.70. The van der Waals surface area contributed by atoms with Crippen LogP contribution in [0.1, 0.15) is 19.8 Å². The van der Waals surface area contributed by atoms with Crippen molar-refractivity contribution in [1.82, 2.24) is 5.32 Å². The number of hydrogen-bond donors (Lipinski definition) is 1. The van der Waals surface area contributed by atoms with E-state index in [-0.39, 0.29) is 11.7 Å². The van der Waals surface area contributed by atoms with Crippen molar-refractivity contribution < 1.29 is 9.18 Å². The Balaban J connectivity index is 2.17.